The zero-order valence-corrected chi connectivity index (χ0v) is 17.2. The van der Waals surface area contributed by atoms with Crippen molar-refractivity contribution >= 4 is 11.6 Å². The molecule has 0 radical (unpaired) electrons. The number of rotatable bonds is 5. The van der Waals surface area contributed by atoms with Crippen LogP contribution in [0.15, 0.2) is 60.7 Å². The van der Waals surface area contributed by atoms with Crippen LogP contribution in [0.25, 0.3) is 22.4 Å². The molecule has 1 aromatic heterocycles. The number of hydrogen-bond donors (Lipinski definition) is 3. The van der Waals surface area contributed by atoms with Crippen molar-refractivity contribution < 1.29 is 14.6 Å². The van der Waals surface area contributed by atoms with Crippen LogP contribution >= 0.6 is 0 Å². The quantitative estimate of drug-likeness (QED) is 0.588. The first-order chi connectivity index (χ1) is 15.1. The molecule has 0 spiro atoms. The third-order valence-electron chi connectivity index (χ3n) is 6.25. The van der Waals surface area contributed by atoms with Crippen LogP contribution in [0, 0.1) is 0 Å². The molecule has 158 valence electrons. The van der Waals surface area contributed by atoms with E-state index in [2.05, 4.69) is 29.6 Å². The molecular formula is C25H25N3O3. The zero-order valence-electron chi connectivity index (χ0n) is 17.2. The molecule has 3 aromatic rings. The molecule has 1 aliphatic heterocycles. The van der Waals surface area contributed by atoms with Gasteiger partial charge in [-0.3, -0.25) is 4.79 Å². The van der Waals surface area contributed by atoms with Crippen molar-refractivity contribution in [2.45, 2.75) is 37.3 Å². The number of fused-ring (bicyclic) bond motifs is 1. The van der Waals surface area contributed by atoms with Gasteiger partial charge in [-0.05, 0) is 36.5 Å². The molecule has 2 heterocycles. The summed E-state index contributed by atoms with van der Waals surface area (Å²) in [6.07, 6.45) is 2.66. The van der Waals surface area contributed by atoms with Crippen molar-refractivity contribution in [2.75, 3.05) is 11.9 Å². The number of carbonyl (C=O) groups excluding carboxylic acids is 1. The number of benzene rings is 2. The number of amides is 1. The first-order valence-electron chi connectivity index (χ1n) is 10.7. The van der Waals surface area contributed by atoms with Gasteiger partial charge in [0.25, 0.3) is 5.91 Å². The number of ether oxygens (including phenoxy) is 1. The van der Waals surface area contributed by atoms with Gasteiger partial charge < -0.3 is 20.9 Å². The summed E-state index contributed by atoms with van der Waals surface area (Å²) in [6.45, 7) is -0.134. The van der Waals surface area contributed by atoms with Crippen LogP contribution in [-0.2, 0) is 10.3 Å². The van der Waals surface area contributed by atoms with E-state index >= 15 is 0 Å². The van der Waals surface area contributed by atoms with Gasteiger partial charge >= 0.3 is 0 Å². The Balaban J connectivity index is 1.60. The van der Waals surface area contributed by atoms with E-state index < -0.39 is 6.10 Å². The molecule has 1 amide bonds. The van der Waals surface area contributed by atoms with E-state index in [4.69, 9.17) is 15.5 Å². The molecule has 1 aliphatic carbocycles. The summed E-state index contributed by atoms with van der Waals surface area (Å²) in [4.78, 5) is 17.1. The Labute approximate surface area is 181 Å². The normalized spacial score (nSPS) is 19.0. The summed E-state index contributed by atoms with van der Waals surface area (Å²) < 4.78 is 5.84. The molecular weight excluding hydrogens is 390 g/mol. The molecule has 2 aromatic carbocycles. The highest BCUT2D eigenvalue weighted by Crippen LogP contribution is 2.41. The van der Waals surface area contributed by atoms with E-state index in [1.165, 1.54) is 6.42 Å². The van der Waals surface area contributed by atoms with Crippen molar-refractivity contribution in [1.29, 1.82) is 0 Å². The van der Waals surface area contributed by atoms with E-state index in [1.807, 2.05) is 36.4 Å². The minimum Gasteiger partial charge on any atom is -0.463 e. The molecule has 0 saturated heterocycles. The number of carbonyl (C=O) groups is 1. The number of aliphatic hydroxyl groups excluding tert-OH is 1. The number of anilines is 1. The van der Waals surface area contributed by atoms with Gasteiger partial charge in [0.15, 0.2) is 6.10 Å². The van der Waals surface area contributed by atoms with Crippen molar-refractivity contribution in [3.63, 3.8) is 0 Å². The van der Waals surface area contributed by atoms with Crippen molar-refractivity contribution in [2.24, 2.45) is 5.73 Å². The largest absolute Gasteiger partial charge is 0.463 e. The molecule has 2 aliphatic rings. The van der Waals surface area contributed by atoms with Gasteiger partial charge in [-0.2, -0.15) is 0 Å². The SMILES string of the molecule is NC1(c2ccc(-c3nc4c(cc3-c3ccccc3)NC(=O)C(CCO)O4)cc2)CCC1. The van der Waals surface area contributed by atoms with Crippen molar-refractivity contribution in [1.82, 2.24) is 4.98 Å². The highest BCUT2D eigenvalue weighted by Gasteiger charge is 2.34. The molecule has 0 bridgehead atoms. The van der Waals surface area contributed by atoms with E-state index in [9.17, 15) is 9.90 Å². The third kappa shape index (κ3) is 3.58. The predicted octanol–water partition coefficient (Wildman–Crippen LogP) is 3.84. The molecule has 5 rings (SSSR count). The number of nitrogens with two attached hydrogens (primary N) is 1. The Morgan fingerprint density at radius 3 is 2.48 bits per heavy atom. The lowest BCUT2D eigenvalue weighted by Gasteiger charge is -2.38. The van der Waals surface area contributed by atoms with Gasteiger partial charge in [0.1, 0.15) is 5.69 Å². The summed E-state index contributed by atoms with van der Waals surface area (Å²) in [6, 6.07) is 20.1. The van der Waals surface area contributed by atoms with E-state index in [0.717, 1.165) is 40.8 Å². The summed E-state index contributed by atoms with van der Waals surface area (Å²) in [5.74, 6) is 0.0966. The standard InChI is InChI=1S/C25H25N3O3/c26-25(12-4-13-25)18-9-7-17(8-10-18)22-19(16-5-2-1-3-6-16)15-20-24(28-22)31-21(11-14-29)23(30)27-20/h1-3,5-10,15,21,29H,4,11-14,26H2,(H,27,30). The average molecular weight is 415 g/mol. The molecule has 6 heteroatoms. The van der Waals surface area contributed by atoms with Crippen LogP contribution < -0.4 is 15.8 Å². The number of hydrogen-bond acceptors (Lipinski definition) is 5. The Bertz CT molecular complexity index is 1110. The van der Waals surface area contributed by atoms with E-state index in [-0.39, 0.29) is 24.5 Å². The van der Waals surface area contributed by atoms with E-state index in [1.54, 1.807) is 0 Å². The molecule has 6 nitrogen and oxygen atoms in total. The minimum absolute atomic E-state index is 0.134. The zero-order chi connectivity index (χ0) is 21.4. The Kier molecular flexibility index (Phi) is 4.96. The van der Waals surface area contributed by atoms with Crippen LogP contribution in [0.1, 0.15) is 31.2 Å². The molecule has 4 N–H and O–H groups in total. The maximum Gasteiger partial charge on any atom is 0.265 e. The van der Waals surface area contributed by atoms with Crippen LogP contribution in [0.3, 0.4) is 0 Å². The molecule has 1 fully saturated rings. The van der Waals surface area contributed by atoms with E-state index in [0.29, 0.717) is 11.6 Å². The monoisotopic (exact) mass is 415 g/mol. The lowest BCUT2D eigenvalue weighted by atomic mass is 9.72. The number of pyridine rings is 1. The average Bonchev–Trinajstić information content (AvgIpc) is 2.78. The maximum absolute atomic E-state index is 12.3. The van der Waals surface area contributed by atoms with Crippen LogP contribution in [0.4, 0.5) is 5.69 Å². The number of aromatic nitrogens is 1. The highest BCUT2D eigenvalue weighted by atomic mass is 16.5. The fourth-order valence-corrected chi connectivity index (χ4v) is 4.25. The number of nitrogens with one attached hydrogen (secondary N) is 1. The predicted molar refractivity (Wildman–Crippen MR) is 120 cm³/mol. The smallest absolute Gasteiger partial charge is 0.265 e. The second-order valence-electron chi connectivity index (χ2n) is 8.30. The molecule has 31 heavy (non-hydrogen) atoms. The fraction of sp³-hybridized carbons (Fsp3) is 0.280. The van der Waals surface area contributed by atoms with Crippen LogP contribution in [0.2, 0.25) is 0 Å². The molecule has 1 unspecified atom stereocenters. The first-order valence-corrected chi connectivity index (χ1v) is 10.7. The van der Waals surface area contributed by atoms with Gasteiger partial charge in [-0.1, -0.05) is 54.6 Å². The summed E-state index contributed by atoms with van der Waals surface area (Å²) >= 11 is 0. The van der Waals surface area contributed by atoms with Crippen LogP contribution in [0.5, 0.6) is 5.88 Å². The lowest BCUT2D eigenvalue weighted by Crippen LogP contribution is -2.43. The van der Waals surface area contributed by atoms with Gasteiger partial charge in [0, 0.05) is 29.7 Å². The van der Waals surface area contributed by atoms with Crippen molar-refractivity contribution in [3.05, 3.63) is 66.2 Å². The van der Waals surface area contributed by atoms with Crippen molar-refractivity contribution in [3.8, 4) is 28.3 Å². The lowest BCUT2D eigenvalue weighted by molar-refractivity contribution is -0.124. The maximum atomic E-state index is 12.3. The fourth-order valence-electron chi connectivity index (χ4n) is 4.25. The van der Waals surface area contributed by atoms with Gasteiger partial charge in [0.2, 0.25) is 5.88 Å². The van der Waals surface area contributed by atoms with Gasteiger partial charge in [-0.25, -0.2) is 4.98 Å². The Morgan fingerprint density at radius 2 is 1.84 bits per heavy atom. The summed E-state index contributed by atoms with van der Waals surface area (Å²) in [7, 11) is 0. The molecule has 1 saturated carbocycles. The minimum atomic E-state index is -0.751. The topological polar surface area (TPSA) is 97.5 Å². The third-order valence-corrected chi connectivity index (χ3v) is 6.25. The van der Waals surface area contributed by atoms with Gasteiger partial charge in [0.05, 0.1) is 5.69 Å². The second kappa shape index (κ2) is 7.80. The first kappa shape index (κ1) is 19.7. The Hall–Kier alpha value is -3.22. The Morgan fingerprint density at radius 1 is 1.10 bits per heavy atom. The highest BCUT2D eigenvalue weighted by molar-refractivity contribution is 5.99. The molecule has 1 atom stereocenters. The summed E-state index contributed by atoms with van der Waals surface area (Å²) in [5, 5.41) is 12.1. The van der Waals surface area contributed by atoms with Crippen LogP contribution in [-0.4, -0.2) is 28.7 Å². The van der Waals surface area contributed by atoms with Gasteiger partial charge in [-0.15, -0.1) is 0 Å². The number of nitrogens with zero attached hydrogens (tertiary/aromatic N) is 1. The second-order valence-corrected chi connectivity index (χ2v) is 8.30. The number of aliphatic hydroxyl groups is 1. The summed E-state index contributed by atoms with van der Waals surface area (Å²) in [5.41, 5.74) is 11.6.